The molecule has 5 nitrogen and oxygen atoms in total. The maximum Gasteiger partial charge on any atom is 0.407 e. The van der Waals surface area contributed by atoms with Crippen LogP contribution in [0, 0.1) is 0 Å². The zero-order valence-electron chi connectivity index (χ0n) is 10.4. The average Bonchev–Trinajstić information content (AvgIpc) is 2.28. The van der Waals surface area contributed by atoms with E-state index in [1.54, 1.807) is 6.92 Å². The molecule has 0 aromatic rings. The lowest BCUT2D eigenvalue weighted by atomic mass is 10.0. The van der Waals surface area contributed by atoms with Crippen molar-refractivity contribution < 1.29 is 14.3 Å². The quantitative estimate of drug-likeness (QED) is 0.777. The highest BCUT2D eigenvalue weighted by atomic mass is 16.5. The molecule has 1 aliphatic rings. The maximum absolute atomic E-state index is 11.2. The summed E-state index contributed by atoms with van der Waals surface area (Å²) >= 11 is 0. The monoisotopic (exact) mass is 230 g/mol. The number of rotatable bonds is 4. The number of amides is 1. The van der Waals surface area contributed by atoms with Crippen molar-refractivity contribution in [1.29, 1.82) is 0 Å². The first-order chi connectivity index (χ1) is 7.56. The van der Waals surface area contributed by atoms with Crippen LogP contribution in [0.4, 0.5) is 4.79 Å². The van der Waals surface area contributed by atoms with Crippen LogP contribution in [0.25, 0.3) is 0 Å². The van der Waals surface area contributed by atoms with E-state index in [0.717, 1.165) is 26.3 Å². The summed E-state index contributed by atoms with van der Waals surface area (Å²) < 4.78 is 10.1. The number of nitrogens with one attached hydrogen (secondary N) is 1. The van der Waals surface area contributed by atoms with Crippen LogP contribution >= 0.6 is 0 Å². The van der Waals surface area contributed by atoms with Gasteiger partial charge in [-0.15, -0.1) is 0 Å². The van der Waals surface area contributed by atoms with Gasteiger partial charge < -0.3 is 14.8 Å². The number of nitrogens with zero attached hydrogens (tertiary/aromatic N) is 1. The van der Waals surface area contributed by atoms with Crippen LogP contribution in [-0.2, 0) is 9.47 Å². The normalized spacial score (nSPS) is 18.2. The number of morpholine rings is 1. The van der Waals surface area contributed by atoms with Gasteiger partial charge in [-0.2, -0.15) is 0 Å². The molecular weight excluding hydrogens is 208 g/mol. The van der Waals surface area contributed by atoms with Gasteiger partial charge >= 0.3 is 6.09 Å². The molecule has 0 aromatic heterocycles. The van der Waals surface area contributed by atoms with E-state index in [0.29, 0.717) is 13.2 Å². The minimum absolute atomic E-state index is 0.0590. The Morgan fingerprint density at radius 3 is 2.62 bits per heavy atom. The van der Waals surface area contributed by atoms with Gasteiger partial charge in [-0.05, 0) is 20.8 Å². The summed E-state index contributed by atoms with van der Waals surface area (Å²) in [5.41, 5.74) is -0.0590. The lowest BCUT2D eigenvalue weighted by Crippen LogP contribution is -2.55. The standard InChI is InChI=1S/C11H22N2O3/c1-4-16-10(14)12-9-11(2,3)13-5-7-15-8-6-13/h4-9H2,1-3H3,(H,12,14). The molecule has 16 heavy (non-hydrogen) atoms. The molecule has 1 N–H and O–H groups in total. The number of hydrogen-bond donors (Lipinski definition) is 1. The minimum atomic E-state index is -0.344. The first kappa shape index (κ1) is 13.3. The Hall–Kier alpha value is -0.810. The molecule has 1 rings (SSSR count). The Morgan fingerprint density at radius 1 is 1.44 bits per heavy atom. The van der Waals surface area contributed by atoms with Crippen molar-refractivity contribution in [3.05, 3.63) is 0 Å². The third-order valence-corrected chi connectivity index (χ3v) is 2.81. The van der Waals surface area contributed by atoms with Crippen molar-refractivity contribution in [2.45, 2.75) is 26.3 Å². The highest BCUT2D eigenvalue weighted by Gasteiger charge is 2.28. The van der Waals surface area contributed by atoms with Gasteiger partial charge in [0.1, 0.15) is 0 Å². The van der Waals surface area contributed by atoms with Crippen LogP contribution in [-0.4, -0.2) is 56.0 Å². The molecule has 1 saturated heterocycles. The van der Waals surface area contributed by atoms with Crippen LogP contribution in [0.2, 0.25) is 0 Å². The Balaban J connectivity index is 2.34. The smallest absolute Gasteiger partial charge is 0.407 e. The number of ether oxygens (including phenoxy) is 2. The fourth-order valence-corrected chi connectivity index (χ4v) is 1.75. The molecule has 0 aromatic carbocycles. The van der Waals surface area contributed by atoms with E-state index in [1.807, 2.05) is 0 Å². The Kier molecular flexibility index (Phi) is 5.02. The van der Waals surface area contributed by atoms with E-state index in [-0.39, 0.29) is 11.6 Å². The third-order valence-electron chi connectivity index (χ3n) is 2.81. The van der Waals surface area contributed by atoms with Crippen LogP contribution in [0.1, 0.15) is 20.8 Å². The maximum atomic E-state index is 11.2. The first-order valence-electron chi connectivity index (χ1n) is 5.79. The Morgan fingerprint density at radius 2 is 2.06 bits per heavy atom. The molecule has 1 aliphatic heterocycles. The number of carbonyl (C=O) groups is 1. The van der Waals surface area contributed by atoms with Gasteiger partial charge in [0.2, 0.25) is 0 Å². The largest absolute Gasteiger partial charge is 0.450 e. The lowest BCUT2D eigenvalue weighted by Gasteiger charge is -2.40. The fourth-order valence-electron chi connectivity index (χ4n) is 1.75. The zero-order chi connectivity index (χ0) is 12.0. The SMILES string of the molecule is CCOC(=O)NCC(C)(C)N1CCOCC1. The van der Waals surface area contributed by atoms with Gasteiger partial charge in [0.05, 0.1) is 19.8 Å². The highest BCUT2D eigenvalue weighted by molar-refractivity contribution is 5.67. The van der Waals surface area contributed by atoms with Gasteiger partial charge in [0.15, 0.2) is 0 Å². The van der Waals surface area contributed by atoms with Crippen molar-refractivity contribution in [3.8, 4) is 0 Å². The molecule has 0 unspecified atom stereocenters. The molecule has 0 atom stereocenters. The average molecular weight is 230 g/mol. The zero-order valence-corrected chi connectivity index (χ0v) is 10.4. The van der Waals surface area contributed by atoms with Crippen molar-refractivity contribution in [2.24, 2.45) is 0 Å². The lowest BCUT2D eigenvalue weighted by molar-refractivity contribution is -0.00951. The van der Waals surface area contributed by atoms with Crippen molar-refractivity contribution in [1.82, 2.24) is 10.2 Å². The Labute approximate surface area is 97.1 Å². The van der Waals surface area contributed by atoms with Gasteiger partial charge in [-0.1, -0.05) is 0 Å². The van der Waals surface area contributed by atoms with Crippen molar-refractivity contribution >= 4 is 6.09 Å². The first-order valence-corrected chi connectivity index (χ1v) is 5.79. The molecule has 94 valence electrons. The molecular formula is C11H22N2O3. The molecule has 0 saturated carbocycles. The van der Waals surface area contributed by atoms with E-state index in [4.69, 9.17) is 9.47 Å². The third kappa shape index (κ3) is 3.98. The number of hydrogen-bond acceptors (Lipinski definition) is 4. The van der Waals surface area contributed by atoms with Crippen molar-refractivity contribution in [3.63, 3.8) is 0 Å². The van der Waals surface area contributed by atoms with Gasteiger partial charge in [-0.25, -0.2) is 4.79 Å². The molecule has 0 radical (unpaired) electrons. The van der Waals surface area contributed by atoms with Crippen LogP contribution in [0.5, 0.6) is 0 Å². The van der Waals surface area contributed by atoms with Crippen LogP contribution < -0.4 is 5.32 Å². The second kappa shape index (κ2) is 6.06. The van der Waals surface area contributed by atoms with E-state index < -0.39 is 0 Å². The second-order valence-electron chi connectivity index (χ2n) is 4.49. The molecule has 1 amide bonds. The minimum Gasteiger partial charge on any atom is -0.450 e. The topological polar surface area (TPSA) is 50.8 Å². The number of carbonyl (C=O) groups excluding carboxylic acids is 1. The van der Waals surface area contributed by atoms with Crippen molar-refractivity contribution in [2.75, 3.05) is 39.5 Å². The second-order valence-corrected chi connectivity index (χ2v) is 4.49. The summed E-state index contributed by atoms with van der Waals surface area (Å²) in [6.45, 7) is 10.4. The van der Waals surface area contributed by atoms with Gasteiger partial charge in [0.25, 0.3) is 0 Å². The van der Waals surface area contributed by atoms with E-state index in [9.17, 15) is 4.79 Å². The van der Waals surface area contributed by atoms with E-state index >= 15 is 0 Å². The predicted octanol–water partition coefficient (Wildman–Crippen LogP) is 0.843. The molecule has 0 aliphatic carbocycles. The molecule has 0 bridgehead atoms. The van der Waals surface area contributed by atoms with Gasteiger partial charge in [-0.3, -0.25) is 4.90 Å². The highest BCUT2D eigenvalue weighted by Crippen LogP contribution is 2.14. The summed E-state index contributed by atoms with van der Waals surface area (Å²) in [6.07, 6.45) is -0.344. The molecule has 1 fully saturated rings. The molecule has 0 spiro atoms. The molecule has 1 heterocycles. The van der Waals surface area contributed by atoms with E-state index in [1.165, 1.54) is 0 Å². The fraction of sp³-hybridized carbons (Fsp3) is 0.909. The summed E-state index contributed by atoms with van der Waals surface area (Å²) in [5, 5.41) is 2.78. The van der Waals surface area contributed by atoms with E-state index in [2.05, 4.69) is 24.1 Å². The van der Waals surface area contributed by atoms with Crippen LogP contribution in [0.3, 0.4) is 0 Å². The summed E-state index contributed by atoms with van der Waals surface area (Å²) in [5.74, 6) is 0. The Bertz CT molecular complexity index is 225. The summed E-state index contributed by atoms with van der Waals surface area (Å²) in [7, 11) is 0. The van der Waals surface area contributed by atoms with Gasteiger partial charge in [0, 0.05) is 25.2 Å². The number of alkyl carbamates (subject to hydrolysis) is 1. The van der Waals surface area contributed by atoms with Crippen LogP contribution in [0.15, 0.2) is 0 Å². The predicted molar refractivity (Wildman–Crippen MR) is 61.5 cm³/mol. The molecule has 5 heteroatoms. The summed E-state index contributed by atoms with van der Waals surface area (Å²) in [6, 6.07) is 0. The summed E-state index contributed by atoms with van der Waals surface area (Å²) in [4.78, 5) is 13.5.